The van der Waals surface area contributed by atoms with Gasteiger partial charge in [0.05, 0.1) is 5.69 Å². The van der Waals surface area contributed by atoms with Crippen molar-refractivity contribution in [3.05, 3.63) is 43.7 Å². The summed E-state index contributed by atoms with van der Waals surface area (Å²) in [7, 11) is 0. The molecule has 0 radical (unpaired) electrons. The van der Waals surface area contributed by atoms with Crippen molar-refractivity contribution in [3.8, 4) is 11.4 Å². The molecule has 7 heteroatoms. The molecule has 0 aliphatic carbocycles. The quantitative estimate of drug-likeness (QED) is 0.583. The second-order valence-electron chi connectivity index (χ2n) is 4.38. The molecule has 0 amide bonds. The molecule has 0 saturated carbocycles. The summed E-state index contributed by atoms with van der Waals surface area (Å²) in [5.74, 6) is 0.734. The molecule has 20 heavy (non-hydrogen) atoms. The zero-order valence-electron chi connectivity index (χ0n) is 10.7. The van der Waals surface area contributed by atoms with Crippen LogP contribution in [0.5, 0.6) is 0 Å². The van der Waals surface area contributed by atoms with Crippen molar-refractivity contribution >= 4 is 49.1 Å². The predicted molar refractivity (Wildman–Crippen MR) is 86.1 cm³/mol. The lowest BCUT2D eigenvalue weighted by Crippen LogP contribution is -2.01. The Labute approximate surface area is 137 Å². The maximum absolute atomic E-state index is 6.15. The second kappa shape index (κ2) is 5.09. The van der Waals surface area contributed by atoms with E-state index in [1.54, 1.807) is 0 Å². The summed E-state index contributed by atoms with van der Waals surface area (Å²) in [5, 5.41) is 8.78. The van der Waals surface area contributed by atoms with E-state index in [9.17, 15) is 0 Å². The molecular weight excluding hydrogens is 407 g/mol. The van der Waals surface area contributed by atoms with E-state index in [2.05, 4.69) is 47.0 Å². The summed E-state index contributed by atoms with van der Waals surface area (Å²) in [6, 6.07) is 5.92. The first-order valence-corrected chi connectivity index (χ1v) is 7.78. The van der Waals surface area contributed by atoms with Gasteiger partial charge in [0.15, 0.2) is 16.6 Å². The summed E-state index contributed by atoms with van der Waals surface area (Å²) in [6.45, 7) is 3.89. The number of benzene rings is 1. The molecule has 3 rings (SSSR count). The molecule has 3 aromatic rings. The molecule has 1 aromatic carbocycles. The van der Waals surface area contributed by atoms with Crippen LogP contribution >= 0.6 is 43.5 Å². The second-order valence-corrected chi connectivity index (χ2v) is 6.51. The van der Waals surface area contributed by atoms with E-state index < -0.39 is 0 Å². The van der Waals surface area contributed by atoms with Gasteiger partial charge in [-0.25, -0.2) is 4.98 Å². The number of halogens is 3. The van der Waals surface area contributed by atoms with Gasteiger partial charge in [0.2, 0.25) is 0 Å². The SMILES string of the molecule is Cc1nc(Cl)c2nnc(-c3cc(Br)ccc3Br)n2c1C. The van der Waals surface area contributed by atoms with E-state index in [4.69, 9.17) is 11.6 Å². The standard InChI is InChI=1S/C13H9Br2ClN4/c1-6-7(2)20-12(18-19-13(20)11(16)17-6)9-5-8(14)3-4-10(9)15/h3-5H,1-2H3. The molecule has 4 nitrogen and oxygen atoms in total. The van der Waals surface area contributed by atoms with E-state index in [-0.39, 0.29) is 0 Å². The van der Waals surface area contributed by atoms with Crippen LogP contribution in [0.3, 0.4) is 0 Å². The lowest BCUT2D eigenvalue weighted by Gasteiger charge is -2.08. The molecule has 0 N–H and O–H groups in total. The van der Waals surface area contributed by atoms with Crippen LogP contribution in [0.1, 0.15) is 11.4 Å². The van der Waals surface area contributed by atoms with Gasteiger partial charge in [0.1, 0.15) is 0 Å². The van der Waals surface area contributed by atoms with Gasteiger partial charge in [-0.1, -0.05) is 43.5 Å². The molecule has 0 bridgehead atoms. The van der Waals surface area contributed by atoms with E-state index in [1.807, 2.05) is 36.4 Å². The van der Waals surface area contributed by atoms with Crippen LogP contribution in [0.2, 0.25) is 5.15 Å². The third-order valence-corrected chi connectivity index (χ3v) is 4.58. The van der Waals surface area contributed by atoms with Crippen molar-refractivity contribution in [1.82, 2.24) is 19.6 Å². The van der Waals surface area contributed by atoms with Gasteiger partial charge in [0, 0.05) is 20.2 Å². The average molecular weight is 417 g/mol. The summed E-state index contributed by atoms with van der Waals surface area (Å²) < 4.78 is 3.85. The molecule has 0 unspecified atom stereocenters. The summed E-state index contributed by atoms with van der Waals surface area (Å²) in [4.78, 5) is 4.27. The number of aryl methyl sites for hydroxylation is 2. The Balaban J connectivity index is 2.41. The normalized spacial score (nSPS) is 11.2. The molecule has 0 aliphatic heterocycles. The first-order valence-electron chi connectivity index (χ1n) is 5.82. The van der Waals surface area contributed by atoms with Crippen molar-refractivity contribution < 1.29 is 0 Å². The fourth-order valence-electron chi connectivity index (χ4n) is 2.02. The van der Waals surface area contributed by atoms with Gasteiger partial charge in [-0.3, -0.25) is 4.40 Å². The topological polar surface area (TPSA) is 43.1 Å². The summed E-state index contributed by atoms with van der Waals surface area (Å²) in [5.41, 5.74) is 3.33. The number of rotatable bonds is 1. The maximum Gasteiger partial charge on any atom is 0.199 e. The van der Waals surface area contributed by atoms with E-state index in [0.29, 0.717) is 10.8 Å². The molecule has 0 spiro atoms. The number of nitrogens with zero attached hydrogens (tertiary/aromatic N) is 4. The third kappa shape index (κ3) is 2.16. The minimum absolute atomic E-state index is 0.359. The highest BCUT2D eigenvalue weighted by Gasteiger charge is 2.17. The first kappa shape index (κ1) is 14.0. The van der Waals surface area contributed by atoms with Gasteiger partial charge in [-0.2, -0.15) is 0 Å². The van der Waals surface area contributed by atoms with Crippen molar-refractivity contribution in [2.75, 3.05) is 0 Å². The van der Waals surface area contributed by atoms with Crippen LogP contribution in [0.25, 0.3) is 17.0 Å². The van der Waals surface area contributed by atoms with Crippen LogP contribution < -0.4 is 0 Å². The van der Waals surface area contributed by atoms with Crippen molar-refractivity contribution in [2.45, 2.75) is 13.8 Å². The zero-order valence-corrected chi connectivity index (χ0v) is 14.6. The molecular formula is C13H9Br2ClN4. The van der Waals surface area contributed by atoms with Crippen LogP contribution in [-0.2, 0) is 0 Å². The average Bonchev–Trinajstić information content (AvgIpc) is 2.84. The number of hydrogen-bond donors (Lipinski definition) is 0. The minimum atomic E-state index is 0.359. The van der Waals surface area contributed by atoms with Gasteiger partial charge in [-0.05, 0) is 32.0 Å². The van der Waals surface area contributed by atoms with Gasteiger partial charge >= 0.3 is 0 Å². The lowest BCUT2D eigenvalue weighted by molar-refractivity contribution is 0.999. The smallest absolute Gasteiger partial charge is 0.199 e. The molecule has 0 atom stereocenters. The highest BCUT2D eigenvalue weighted by molar-refractivity contribution is 9.11. The maximum atomic E-state index is 6.15. The van der Waals surface area contributed by atoms with E-state index >= 15 is 0 Å². The molecule has 0 aliphatic rings. The Morgan fingerprint density at radius 3 is 2.65 bits per heavy atom. The van der Waals surface area contributed by atoms with E-state index in [1.165, 1.54) is 0 Å². The van der Waals surface area contributed by atoms with Crippen LogP contribution in [0.15, 0.2) is 27.1 Å². The van der Waals surface area contributed by atoms with Crippen molar-refractivity contribution in [1.29, 1.82) is 0 Å². The Kier molecular flexibility index (Phi) is 3.56. The van der Waals surface area contributed by atoms with E-state index in [0.717, 1.165) is 31.7 Å². The summed E-state index contributed by atoms with van der Waals surface area (Å²) in [6.07, 6.45) is 0. The Hall–Kier alpha value is -0.980. The number of hydrogen-bond acceptors (Lipinski definition) is 3. The van der Waals surface area contributed by atoms with Crippen LogP contribution in [0, 0.1) is 13.8 Å². The zero-order chi connectivity index (χ0) is 14.4. The number of aromatic nitrogens is 4. The van der Waals surface area contributed by atoms with Crippen molar-refractivity contribution in [3.63, 3.8) is 0 Å². The van der Waals surface area contributed by atoms with Crippen LogP contribution in [0.4, 0.5) is 0 Å². The molecule has 102 valence electrons. The Morgan fingerprint density at radius 1 is 1.15 bits per heavy atom. The lowest BCUT2D eigenvalue weighted by atomic mass is 10.2. The van der Waals surface area contributed by atoms with Gasteiger partial charge < -0.3 is 0 Å². The van der Waals surface area contributed by atoms with Gasteiger partial charge in [0.25, 0.3) is 0 Å². The fraction of sp³-hybridized carbons (Fsp3) is 0.154. The van der Waals surface area contributed by atoms with Crippen molar-refractivity contribution in [2.24, 2.45) is 0 Å². The highest BCUT2D eigenvalue weighted by atomic mass is 79.9. The monoisotopic (exact) mass is 414 g/mol. The predicted octanol–water partition coefficient (Wildman–Crippen LogP) is 4.59. The fourth-order valence-corrected chi connectivity index (χ4v) is 3.05. The first-order chi connectivity index (χ1) is 9.49. The molecule has 2 heterocycles. The highest BCUT2D eigenvalue weighted by Crippen LogP contribution is 2.31. The third-order valence-electron chi connectivity index (χ3n) is 3.14. The van der Waals surface area contributed by atoms with Gasteiger partial charge in [-0.15, -0.1) is 10.2 Å². The summed E-state index contributed by atoms with van der Waals surface area (Å²) >= 11 is 13.2. The Bertz CT molecular complexity index is 829. The van der Waals surface area contributed by atoms with Crippen LogP contribution in [-0.4, -0.2) is 19.6 Å². The Morgan fingerprint density at radius 2 is 1.90 bits per heavy atom. The molecule has 0 fully saturated rings. The largest absolute Gasteiger partial charge is 0.275 e. The number of fused-ring (bicyclic) bond motifs is 1. The minimum Gasteiger partial charge on any atom is -0.275 e. The molecule has 0 saturated heterocycles. The molecule has 2 aromatic heterocycles.